The summed E-state index contributed by atoms with van der Waals surface area (Å²) in [6.07, 6.45) is 4.38. The van der Waals surface area contributed by atoms with Crippen molar-refractivity contribution in [2.75, 3.05) is 0 Å². The van der Waals surface area contributed by atoms with Crippen LogP contribution in [0.3, 0.4) is 0 Å². The van der Waals surface area contributed by atoms with Gasteiger partial charge in [-0.1, -0.05) is 69.6 Å². The van der Waals surface area contributed by atoms with E-state index in [1.54, 1.807) is 0 Å². The smallest absolute Gasteiger partial charge is 0.456 e. The topological polar surface area (TPSA) is 149 Å². The van der Waals surface area contributed by atoms with Crippen molar-refractivity contribution in [2.24, 2.45) is 0 Å². The monoisotopic (exact) mass is 1170 g/mol. The van der Waals surface area contributed by atoms with Gasteiger partial charge in [0.1, 0.15) is 61.2 Å². The Bertz CT molecular complexity index is 4800. The first-order valence-electron chi connectivity index (χ1n) is 25.2. The van der Waals surface area contributed by atoms with Crippen LogP contribution < -0.4 is 5.46 Å². The maximum absolute atomic E-state index is 6.35. The lowest BCUT2D eigenvalue weighted by molar-refractivity contribution is 0.00578. The maximum atomic E-state index is 6.35. The molecular weight excluding hydrogens is 1130 g/mol. The van der Waals surface area contributed by atoms with E-state index in [-0.39, 0.29) is 25.7 Å². The molecule has 0 atom stereocenters. The van der Waals surface area contributed by atoms with E-state index in [1.165, 1.54) is 19.2 Å². The highest BCUT2D eigenvalue weighted by atomic mass is 79.9. The molecule has 1 saturated heterocycles. The van der Waals surface area contributed by atoms with E-state index < -0.39 is 0 Å². The molecule has 1 aliphatic rings. The second-order valence-electron chi connectivity index (χ2n) is 20.5. The predicted octanol–water partition coefficient (Wildman–Crippen LogP) is 18.9. The molecule has 0 N–H and O–H groups in total. The maximum Gasteiger partial charge on any atom is 0.494 e. The standard InChI is InChI=1S/C32H16N2O4.C18H8Br2O2.C13H16BNO3.CH4/c1-5-21-23-13-32-24(14-31(23)37-29(21)11-19(1)17-3-7-27-25(9-17)33-15-35-27)22-6-2-20(12-30(22)38-32)18-4-8-28-26(10-18)34-16-36-28;19-9-1-3-11-13-7-18-14(8-17(13)21-15(11)5-9)12-4-2-10(20)6-16(12)22-18;1-12(2)13(3,4)18-14(17-12)9-5-6-11-10(7-9)15-8-16-11;/h1-16H;1-8H;5-8H,1-4H3;1H4. The van der Waals surface area contributed by atoms with Gasteiger partial charge in [-0.25, -0.2) is 15.0 Å². The van der Waals surface area contributed by atoms with Gasteiger partial charge in [-0.15, -0.1) is 0 Å². The summed E-state index contributed by atoms with van der Waals surface area (Å²) in [5.74, 6) is 0. The Kier molecular flexibility index (Phi) is 11.3. The Labute approximate surface area is 466 Å². The highest BCUT2D eigenvalue weighted by Gasteiger charge is 2.51. The number of hydrogen-bond acceptors (Lipinski definition) is 12. The molecule has 8 heterocycles. The molecule has 1 fully saturated rings. The normalized spacial score (nSPS) is 14.2. The highest BCUT2D eigenvalue weighted by molar-refractivity contribution is 9.10. The molecule has 0 amide bonds. The van der Waals surface area contributed by atoms with Crippen LogP contribution in [0, 0.1) is 0 Å². The van der Waals surface area contributed by atoms with Crippen LogP contribution in [0.1, 0.15) is 35.1 Å². The lowest BCUT2D eigenvalue weighted by Gasteiger charge is -2.32. The van der Waals surface area contributed by atoms with Gasteiger partial charge in [0.25, 0.3) is 0 Å². The zero-order chi connectivity index (χ0) is 52.6. The van der Waals surface area contributed by atoms with Gasteiger partial charge in [-0.2, -0.15) is 0 Å². The summed E-state index contributed by atoms with van der Waals surface area (Å²) in [4.78, 5) is 12.7. The number of hydrogen-bond donors (Lipinski definition) is 0. The molecule has 17 rings (SSSR count). The van der Waals surface area contributed by atoms with Crippen molar-refractivity contribution < 1.29 is 40.2 Å². The fourth-order valence-corrected chi connectivity index (χ4v) is 11.2. The van der Waals surface area contributed by atoms with Crippen molar-refractivity contribution in [3.05, 3.63) is 180 Å². The second-order valence-corrected chi connectivity index (χ2v) is 22.4. The number of oxazole rings is 3. The summed E-state index contributed by atoms with van der Waals surface area (Å²) >= 11 is 6.96. The van der Waals surface area contributed by atoms with Crippen LogP contribution in [0.2, 0.25) is 0 Å². The van der Waals surface area contributed by atoms with Crippen molar-refractivity contribution >= 4 is 165 Å². The summed E-state index contributed by atoms with van der Waals surface area (Å²) in [6.45, 7) is 8.17. The van der Waals surface area contributed by atoms with Crippen molar-refractivity contribution in [3.8, 4) is 22.3 Å². The molecule has 1 aliphatic heterocycles. The number of furan rings is 4. The fourth-order valence-electron chi connectivity index (χ4n) is 10.5. The molecule has 0 spiro atoms. The van der Waals surface area contributed by atoms with Gasteiger partial charge in [0.2, 0.25) is 0 Å². The molecule has 7 aromatic heterocycles. The Balaban J connectivity index is 0.000000117. The summed E-state index contributed by atoms with van der Waals surface area (Å²) in [6, 6.07) is 50.9. The van der Waals surface area contributed by atoms with E-state index in [9.17, 15) is 0 Å². The molecule has 0 bridgehead atoms. The number of fused-ring (bicyclic) bond motifs is 15. The van der Waals surface area contributed by atoms with Gasteiger partial charge < -0.3 is 40.2 Å². The number of benzene rings is 9. The molecular formula is C64H44BBr2N3O9. The number of nitrogens with zero attached hydrogens (tertiary/aromatic N) is 3. The van der Waals surface area contributed by atoms with Crippen molar-refractivity contribution in [1.82, 2.24) is 15.0 Å². The molecule has 79 heavy (non-hydrogen) atoms. The molecule has 386 valence electrons. The zero-order valence-electron chi connectivity index (χ0n) is 42.0. The molecule has 15 heteroatoms. The van der Waals surface area contributed by atoms with Gasteiger partial charge in [0, 0.05) is 52.0 Å². The van der Waals surface area contributed by atoms with Gasteiger partial charge in [-0.05, 0) is 177 Å². The van der Waals surface area contributed by atoms with Crippen LogP contribution in [0.4, 0.5) is 0 Å². The zero-order valence-corrected chi connectivity index (χ0v) is 45.2. The van der Waals surface area contributed by atoms with Crippen LogP contribution in [0.15, 0.2) is 211 Å². The first-order valence-corrected chi connectivity index (χ1v) is 26.8. The van der Waals surface area contributed by atoms with Crippen molar-refractivity contribution in [3.63, 3.8) is 0 Å². The van der Waals surface area contributed by atoms with Crippen LogP contribution >= 0.6 is 31.9 Å². The van der Waals surface area contributed by atoms with E-state index >= 15 is 0 Å². The largest absolute Gasteiger partial charge is 0.494 e. The molecule has 12 nitrogen and oxygen atoms in total. The molecule has 0 aliphatic carbocycles. The third kappa shape index (κ3) is 8.29. The Morgan fingerprint density at radius 1 is 0.329 bits per heavy atom. The number of halogens is 2. The minimum atomic E-state index is -0.351. The quantitative estimate of drug-likeness (QED) is 0.155. The second kappa shape index (κ2) is 18.3. The van der Waals surface area contributed by atoms with E-state index in [1.807, 2.05) is 107 Å². The summed E-state index contributed by atoms with van der Waals surface area (Å²) in [5.41, 5.74) is 16.2. The number of aromatic nitrogens is 3. The Hall–Kier alpha value is -8.47. The SMILES string of the molecule is Brc1ccc2c(c1)oc1cc3c(cc12)oc1cc(Br)ccc13.C.CC1(C)OB(c2ccc3ocnc3c2)OC1(C)C.c1nc2cc(-c3ccc4c(c3)oc3cc5c(cc34)oc3cc(-c4ccc6ocnc6c4)ccc35)ccc2o1. The minimum Gasteiger partial charge on any atom is -0.456 e. The van der Waals surface area contributed by atoms with Gasteiger partial charge in [0.15, 0.2) is 35.9 Å². The van der Waals surface area contributed by atoms with Gasteiger partial charge in [0.05, 0.1) is 11.2 Å². The molecule has 0 unspecified atom stereocenters. The summed E-state index contributed by atoms with van der Waals surface area (Å²) < 4.78 is 54.7. The summed E-state index contributed by atoms with van der Waals surface area (Å²) in [5, 5.41) is 8.51. The van der Waals surface area contributed by atoms with E-state index in [0.29, 0.717) is 0 Å². The lowest BCUT2D eigenvalue weighted by atomic mass is 9.79. The third-order valence-corrected chi connectivity index (χ3v) is 16.2. The Morgan fingerprint density at radius 2 is 0.646 bits per heavy atom. The molecule has 16 aromatic rings. The summed E-state index contributed by atoms with van der Waals surface area (Å²) in [7, 11) is -0.351. The van der Waals surface area contributed by atoms with E-state index in [2.05, 4.69) is 120 Å². The molecule has 0 saturated carbocycles. The van der Waals surface area contributed by atoms with Crippen LogP contribution in [-0.4, -0.2) is 33.3 Å². The van der Waals surface area contributed by atoms with Crippen LogP contribution in [0.5, 0.6) is 0 Å². The average Bonchev–Trinajstić information content (AvgIpc) is 4.49. The van der Waals surface area contributed by atoms with E-state index in [0.717, 1.165) is 158 Å². The fraction of sp³-hybridized carbons (Fsp3) is 0.109. The van der Waals surface area contributed by atoms with Gasteiger partial charge >= 0.3 is 7.12 Å². The van der Waals surface area contributed by atoms with Crippen molar-refractivity contribution in [2.45, 2.75) is 46.3 Å². The predicted molar refractivity (Wildman–Crippen MR) is 320 cm³/mol. The van der Waals surface area contributed by atoms with E-state index in [4.69, 9.17) is 40.2 Å². The average molecular weight is 1170 g/mol. The molecule has 9 aromatic carbocycles. The van der Waals surface area contributed by atoms with Crippen LogP contribution in [0.25, 0.3) is 143 Å². The Morgan fingerprint density at radius 3 is 1.05 bits per heavy atom. The first kappa shape index (κ1) is 48.9. The highest BCUT2D eigenvalue weighted by Crippen LogP contribution is 2.42. The van der Waals surface area contributed by atoms with Gasteiger partial charge in [-0.3, -0.25) is 0 Å². The lowest BCUT2D eigenvalue weighted by Crippen LogP contribution is -2.41. The molecule has 0 radical (unpaired) electrons. The first-order chi connectivity index (χ1) is 37.8. The number of rotatable bonds is 3. The van der Waals surface area contributed by atoms with Crippen LogP contribution in [-0.2, 0) is 9.31 Å². The third-order valence-electron chi connectivity index (χ3n) is 15.3. The van der Waals surface area contributed by atoms with Crippen molar-refractivity contribution in [1.29, 1.82) is 0 Å². The minimum absolute atomic E-state index is 0.